The summed E-state index contributed by atoms with van der Waals surface area (Å²) in [5.41, 5.74) is 2.68. The number of aryl methyl sites for hydroxylation is 1. The molecule has 3 aromatic rings. The fourth-order valence-corrected chi connectivity index (χ4v) is 4.03. The first kappa shape index (κ1) is 20.0. The first-order valence-corrected chi connectivity index (χ1v) is 10.5. The fourth-order valence-electron chi connectivity index (χ4n) is 3.48. The van der Waals surface area contributed by atoms with E-state index in [1.54, 1.807) is 46.6 Å². The molecular weight excluding hydrogens is 402 g/mol. The van der Waals surface area contributed by atoms with E-state index >= 15 is 0 Å². The van der Waals surface area contributed by atoms with Crippen LogP contribution in [0.5, 0.6) is 5.75 Å². The summed E-state index contributed by atoms with van der Waals surface area (Å²) >= 11 is 1.55. The molecule has 1 aliphatic heterocycles. The van der Waals surface area contributed by atoms with Gasteiger partial charge in [-0.1, -0.05) is 30.8 Å². The van der Waals surface area contributed by atoms with E-state index in [2.05, 4.69) is 25.8 Å². The van der Waals surface area contributed by atoms with Crippen molar-refractivity contribution in [3.05, 3.63) is 53.5 Å². The second-order valence-corrected chi connectivity index (χ2v) is 7.93. The van der Waals surface area contributed by atoms with Gasteiger partial charge in [-0.05, 0) is 30.9 Å². The number of allylic oxidation sites excluding steroid dienone is 1. The number of methoxy groups -OCH3 is 1. The minimum atomic E-state index is -0.470. The van der Waals surface area contributed by atoms with Crippen LogP contribution in [0, 0.1) is 0 Å². The van der Waals surface area contributed by atoms with Crippen LogP contribution in [0.25, 0.3) is 0 Å². The van der Waals surface area contributed by atoms with Gasteiger partial charge in [0.1, 0.15) is 11.8 Å². The van der Waals surface area contributed by atoms with Gasteiger partial charge in [-0.15, -0.1) is 5.10 Å². The number of carbonyl (C=O) groups excluding carboxylic acids is 1. The van der Waals surface area contributed by atoms with E-state index in [0.717, 1.165) is 11.4 Å². The summed E-state index contributed by atoms with van der Waals surface area (Å²) < 4.78 is 8.87. The summed E-state index contributed by atoms with van der Waals surface area (Å²) in [7, 11) is 3.42. The fraction of sp³-hybridized carbons (Fsp3) is 0.300. The van der Waals surface area contributed by atoms with Crippen LogP contribution in [-0.4, -0.2) is 43.3 Å². The lowest BCUT2D eigenvalue weighted by molar-refractivity contribution is -0.113. The van der Waals surface area contributed by atoms with Gasteiger partial charge in [-0.3, -0.25) is 9.48 Å². The topological polar surface area (TPSA) is 98.9 Å². The minimum absolute atomic E-state index is 0.249. The zero-order valence-corrected chi connectivity index (χ0v) is 18.0. The third-order valence-electron chi connectivity index (χ3n) is 4.85. The largest absolute Gasteiger partial charge is 0.495 e. The monoisotopic (exact) mass is 425 g/mol. The van der Waals surface area contributed by atoms with Crippen LogP contribution < -0.4 is 15.4 Å². The summed E-state index contributed by atoms with van der Waals surface area (Å²) in [6, 6.07) is 8.73. The van der Waals surface area contributed by atoms with E-state index in [0.29, 0.717) is 33.8 Å². The molecule has 10 heteroatoms. The number of carbonyl (C=O) groups is 1. The number of anilines is 2. The van der Waals surface area contributed by atoms with Gasteiger partial charge in [0.15, 0.2) is 0 Å². The molecule has 0 spiro atoms. The Bertz CT molecular complexity index is 1120. The minimum Gasteiger partial charge on any atom is -0.495 e. The standard InChI is InChI=1S/C20H23N7O2S/c1-5-30-20-24-19-22-12(2)16(17(27(19)25-20)14-10-11-21-26(14)3)18(28)23-13-8-6-7-9-15(13)29-4/h6-11,17H,5H2,1-4H3,(H,23,28)(H,22,24,25)/t17-/m0/s1. The number of thioether (sulfide) groups is 1. The van der Waals surface area contributed by atoms with Crippen LogP contribution in [0.4, 0.5) is 11.6 Å². The molecule has 4 rings (SSSR count). The molecule has 1 aliphatic rings. The van der Waals surface area contributed by atoms with Crippen molar-refractivity contribution in [1.82, 2.24) is 24.5 Å². The van der Waals surface area contributed by atoms with Crippen LogP contribution in [0.15, 0.2) is 53.0 Å². The number of nitrogens with zero attached hydrogens (tertiary/aromatic N) is 5. The van der Waals surface area contributed by atoms with Crippen LogP contribution in [-0.2, 0) is 11.8 Å². The van der Waals surface area contributed by atoms with Crippen molar-refractivity contribution in [2.75, 3.05) is 23.5 Å². The van der Waals surface area contributed by atoms with Gasteiger partial charge in [0.2, 0.25) is 11.1 Å². The molecule has 0 bridgehead atoms. The Hall–Kier alpha value is -3.27. The van der Waals surface area contributed by atoms with E-state index in [9.17, 15) is 4.79 Å². The number of hydrogen-bond acceptors (Lipinski definition) is 7. The summed E-state index contributed by atoms with van der Waals surface area (Å²) in [4.78, 5) is 18.0. The maximum Gasteiger partial charge on any atom is 0.256 e. The molecule has 0 fully saturated rings. The highest BCUT2D eigenvalue weighted by atomic mass is 32.2. The molecule has 1 aromatic carbocycles. The molecule has 1 amide bonds. The van der Waals surface area contributed by atoms with Gasteiger partial charge in [0.05, 0.1) is 24.1 Å². The highest BCUT2D eigenvalue weighted by Gasteiger charge is 2.36. The summed E-state index contributed by atoms with van der Waals surface area (Å²) in [6.45, 7) is 3.91. The van der Waals surface area contributed by atoms with Crippen LogP contribution in [0.3, 0.4) is 0 Å². The molecule has 0 radical (unpaired) electrons. The molecule has 0 aliphatic carbocycles. The number of amides is 1. The number of ether oxygens (including phenoxy) is 1. The molecule has 156 valence electrons. The van der Waals surface area contributed by atoms with Crippen molar-refractivity contribution < 1.29 is 9.53 Å². The average molecular weight is 426 g/mol. The lowest BCUT2D eigenvalue weighted by atomic mass is 9.99. The Balaban J connectivity index is 1.78. The van der Waals surface area contributed by atoms with Crippen LogP contribution >= 0.6 is 11.8 Å². The van der Waals surface area contributed by atoms with Crippen molar-refractivity contribution in [3.63, 3.8) is 0 Å². The molecule has 0 unspecified atom stereocenters. The van der Waals surface area contributed by atoms with Crippen molar-refractivity contribution in [3.8, 4) is 5.75 Å². The predicted molar refractivity (Wildman–Crippen MR) is 116 cm³/mol. The summed E-state index contributed by atoms with van der Waals surface area (Å²) in [5, 5.41) is 15.8. The van der Waals surface area contributed by atoms with E-state index in [-0.39, 0.29) is 5.91 Å². The Kier molecular flexibility index (Phi) is 5.49. The van der Waals surface area contributed by atoms with Gasteiger partial charge >= 0.3 is 0 Å². The van der Waals surface area contributed by atoms with Gasteiger partial charge in [-0.2, -0.15) is 10.1 Å². The Morgan fingerprint density at radius 3 is 2.83 bits per heavy atom. The molecule has 9 nitrogen and oxygen atoms in total. The first-order chi connectivity index (χ1) is 14.5. The highest BCUT2D eigenvalue weighted by molar-refractivity contribution is 7.99. The Morgan fingerprint density at radius 1 is 1.33 bits per heavy atom. The maximum atomic E-state index is 13.4. The molecule has 0 saturated heterocycles. The SMILES string of the molecule is CCSc1nc2n(n1)[C@@H](c1ccnn1C)C(C(=O)Nc1ccccc1OC)=C(C)N2. The van der Waals surface area contributed by atoms with Crippen molar-refractivity contribution in [2.45, 2.75) is 25.0 Å². The highest BCUT2D eigenvalue weighted by Crippen LogP contribution is 2.37. The first-order valence-electron chi connectivity index (χ1n) is 9.52. The Morgan fingerprint density at radius 2 is 2.13 bits per heavy atom. The third kappa shape index (κ3) is 3.54. The molecule has 2 aromatic heterocycles. The second kappa shape index (κ2) is 8.23. The lowest BCUT2D eigenvalue weighted by Crippen LogP contribution is -2.32. The second-order valence-electron chi connectivity index (χ2n) is 6.70. The van der Waals surface area contributed by atoms with Crippen molar-refractivity contribution in [2.24, 2.45) is 7.05 Å². The molecule has 0 saturated carbocycles. The number of benzene rings is 1. The third-order valence-corrected chi connectivity index (χ3v) is 5.57. The normalized spacial score (nSPS) is 15.5. The smallest absolute Gasteiger partial charge is 0.256 e. The number of rotatable bonds is 6. The Labute approximate surface area is 178 Å². The molecule has 1 atom stereocenters. The van der Waals surface area contributed by atoms with E-state index in [4.69, 9.17) is 4.74 Å². The summed E-state index contributed by atoms with van der Waals surface area (Å²) in [5.74, 6) is 1.80. The van der Waals surface area contributed by atoms with Gasteiger partial charge < -0.3 is 15.4 Å². The number of fused-ring (bicyclic) bond motifs is 1. The zero-order chi connectivity index (χ0) is 21.3. The molecule has 3 heterocycles. The van der Waals surface area contributed by atoms with Crippen molar-refractivity contribution in [1.29, 1.82) is 0 Å². The number of para-hydroxylation sites is 2. The van der Waals surface area contributed by atoms with Gasteiger partial charge in [0, 0.05) is 18.9 Å². The molecule has 2 N–H and O–H groups in total. The van der Waals surface area contributed by atoms with E-state index in [1.165, 1.54) is 0 Å². The number of aromatic nitrogens is 5. The predicted octanol–water partition coefficient (Wildman–Crippen LogP) is 3.06. The van der Waals surface area contributed by atoms with E-state index in [1.807, 2.05) is 39.1 Å². The maximum absolute atomic E-state index is 13.4. The van der Waals surface area contributed by atoms with Crippen LogP contribution in [0.2, 0.25) is 0 Å². The zero-order valence-electron chi connectivity index (χ0n) is 17.2. The lowest BCUT2D eigenvalue weighted by Gasteiger charge is -2.28. The molecular formula is C20H23N7O2S. The van der Waals surface area contributed by atoms with Gasteiger partial charge in [-0.25, -0.2) is 4.68 Å². The number of nitrogens with one attached hydrogen (secondary N) is 2. The summed E-state index contributed by atoms with van der Waals surface area (Å²) in [6.07, 6.45) is 1.71. The van der Waals surface area contributed by atoms with Crippen molar-refractivity contribution >= 4 is 29.3 Å². The van der Waals surface area contributed by atoms with E-state index < -0.39 is 6.04 Å². The quantitative estimate of drug-likeness (QED) is 0.586. The molecule has 30 heavy (non-hydrogen) atoms. The number of hydrogen-bond donors (Lipinski definition) is 2. The van der Waals surface area contributed by atoms with Crippen LogP contribution in [0.1, 0.15) is 25.6 Å². The van der Waals surface area contributed by atoms with Gasteiger partial charge in [0.25, 0.3) is 5.91 Å². The average Bonchev–Trinajstić information content (AvgIpc) is 3.33.